The Kier molecular flexibility index (Phi) is 2.20. The van der Waals surface area contributed by atoms with Crippen LogP contribution < -0.4 is 9.47 Å². The van der Waals surface area contributed by atoms with Crippen LogP contribution in [-0.4, -0.2) is 27.6 Å². The highest BCUT2D eigenvalue weighted by atomic mass is 16.7. The van der Waals surface area contributed by atoms with Crippen LogP contribution in [0.2, 0.25) is 0 Å². The van der Waals surface area contributed by atoms with Gasteiger partial charge in [0.15, 0.2) is 39.1 Å². The van der Waals surface area contributed by atoms with Crippen molar-refractivity contribution in [2.24, 2.45) is 0 Å². The maximum Gasteiger partial charge on any atom is 0.197 e. The molecule has 0 amide bonds. The van der Waals surface area contributed by atoms with Gasteiger partial charge in [-0.25, -0.2) is 0 Å². The van der Waals surface area contributed by atoms with Crippen LogP contribution >= 0.6 is 0 Å². The summed E-state index contributed by atoms with van der Waals surface area (Å²) in [6.45, 7) is 0. The van der Waals surface area contributed by atoms with Crippen LogP contribution in [0.1, 0.15) is 5.56 Å². The van der Waals surface area contributed by atoms with E-state index in [1.54, 1.807) is 18.2 Å². The number of hydrogen-bond acceptors (Lipinski definition) is 3. The summed E-state index contributed by atoms with van der Waals surface area (Å²) >= 11 is 0. The van der Waals surface area contributed by atoms with E-state index in [0.717, 1.165) is 5.56 Å². The van der Waals surface area contributed by atoms with Gasteiger partial charge in [0.25, 0.3) is 0 Å². The summed E-state index contributed by atoms with van der Waals surface area (Å²) in [6.07, 6.45) is 0.564. The van der Waals surface area contributed by atoms with Gasteiger partial charge in [0.05, 0.1) is 0 Å². The summed E-state index contributed by atoms with van der Waals surface area (Å²) in [6, 6.07) is 5.35. The van der Waals surface area contributed by atoms with Crippen molar-refractivity contribution >= 4 is 22.0 Å². The monoisotopic (exact) mass is 198 g/mol. The van der Waals surface area contributed by atoms with Gasteiger partial charge in [-0.05, 0) is 24.1 Å². The Morgan fingerprint density at radius 3 is 2.73 bits per heavy atom. The van der Waals surface area contributed by atoms with Crippen molar-refractivity contribution in [2.45, 2.75) is 5.59 Å². The fraction of sp³-hybridized carbons (Fsp3) is 0.100. The molecule has 0 atom stereocenters. The molecule has 0 N–H and O–H groups in total. The van der Waals surface area contributed by atoms with E-state index in [1.165, 1.54) is 0 Å². The average molecular weight is 198 g/mol. The Hall–Kier alpha value is -1.82. The molecule has 1 aliphatic heterocycles. The van der Waals surface area contributed by atoms with Gasteiger partial charge < -0.3 is 9.47 Å². The zero-order valence-corrected chi connectivity index (χ0v) is 8.53. The summed E-state index contributed by atoms with van der Waals surface area (Å²) in [5.74, 6) is 6.42. The van der Waals surface area contributed by atoms with E-state index in [-0.39, 0.29) is 0 Å². The smallest absolute Gasteiger partial charge is 0.197 e. The van der Waals surface area contributed by atoms with Gasteiger partial charge in [0.1, 0.15) is 0 Å². The second kappa shape index (κ2) is 3.39. The lowest BCUT2D eigenvalue weighted by molar-refractivity contribution is -0.103. The number of aldehydes is 1. The maximum atomic E-state index is 10.1. The summed E-state index contributed by atoms with van der Waals surface area (Å²) < 4.78 is 11.1. The van der Waals surface area contributed by atoms with Crippen LogP contribution in [0, 0.1) is 11.8 Å². The molecule has 2 rings (SSSR count). The first-order valence-electron chi connectivity index (χ1n) is 4.58. The Bertz CT molecular complexity index is 471. The molecule has 72 valence electrons. The van der Waals surface area contributed by atoms with Gasteiger partial charge in [0.2, 0.25) is 0 Å². The summed E-state index contributed by atoms with van der Waals surface area (Å²) in [5, 5.41) is 0. The lowest BCUT2D eigenvalue weighted by Crippen LogP contribution is -2.39. The first-order valence-corrected chi connectivity index (χ1v) is 4.58. The molecule has 0 saturated heterocycles. The molecule has 15 heavy (non-hydrogen) atoms. The predicted molar refractivity (Wildman–Crippen MR) is 60.5 cm³/mol. The van der Waals surface area contributed by atoms with E-state index in [0.29, 0.717) is 17.8 Å². The highest BCUT2D eigenvalue weighted by Gasteiger charge is 2.30. The number of benzene rings is 1. The normalized spacial score (nSPS) is 15.2. The number of hydrogen-bond donors (Lipinski definition) is 0. The molecule has 3 nitrogen and oxygen atoms in total. The topological polar surface area (TPSA) is 35.5 Å². The van der Waals surface area contributed by atoms with E-state index in [2.05, 4.69) is 11.8 Å². The summed E-state index contributed by atoms with van der Waals surface area (Å²) in [7, 11) is 3.67. The minimum Gasteiger partial charge on any atom is -0.467 e. The SMILES string of the molecule is BC1(B)Oc2ccc(C#CC=O)cc2O1. The van der Waals surface area contributed by atoms with Crippen molar-refractivity contribution < 1.29 is 14.3 Å². The van der Waals surface area contributed by atoms with Crippen LogP contribution in [0.4, 0.5) is 0 Å². The van der Waals surface area contributed by atoms with Crippen LogP contribution in [0.3, 0.4) is 0 Å². The molecule has 1 aliphatic rings. The quantitative estimate of drug-likeness (QED) is 0.301. The van der Waals surface area contributed by atoms with Gasteiger partial charge in [-0.2, -0.15) is 0 Å². The van der Waals surface area contributed by atoms with Gasteiger partial charge >= 0.3 is 0 Å². The zero-order chi connectivity index (χ0) is 10.9. The molecule has 0 aromatic heterocycles. The highest BCUT2D eigenvalue weighted by Crippen LogP contribution is 2.37. The minimum atomic E-state index is -0.626. The van der Waals surface area contributed by atoms with Crippen molar-refractivity contribution in [3.63, 3.8) is 0 Å². The summed E-state index contributed by atoms with van der Waals surface area (Å²) in [4.78, 5) is 10.1. The molecule has 0 unspecified atom stereocenters. The third-order valence-corrected chi connectivity index (χ3v) is 1.93. The molecule has 0 aliphatic carbocycles. The fourth-order valence-electron chi connectivity index (χ4n) is 1.41. The Labute approximate surface area is 89.6 Å². The average Bonchev–Trinajstić information content (AvgIpc) is 2.47. The number of fused-ring (bicyclic) bond motifs is 1. The molecule has 1 aromatic rings. The molecule has 5 heteroatoms. The summed E-state index contributed by atoms with van der Waals surface area (Å²) in [5.41, 5.74) is 0.112. The fourth-order valence-corrected chi connectivity index (χ4v) is 1.41. The Morgan fingerprint density at radius 1 is 1.27 bits per heavy atom. The van der Waals surface area contributed by atoms with Crippen molar-refractivity contribution in [1.82, 2.24) is 0 Å². The molecule has 1 aromatic carbocycles. The van der Waals surface area contributed by atoms with Gasteiger partial charge in [-0.1, -0.05) is 5.92 Å². The van der Waals surface area contributed by atoms with Crippen molar-refractivity contribution in [3.8, 4) is 23.3 Å². The number of rotatable bonds is 0. The van der Waals surface area contributed by atoms with Crippen molar-refractivity contribution in [2.75, 3.05) is 0 Å². The predicted octanol–water partition coefficient (Wildman–Crippen LogP) is -1.11. The zero-order valence-electron chi connectivity index (χ0n) is 8.53. The van der Waals surface area contributed by atoms with E-state index in [4.69, 9.17) is 9.47 Å². The molecule has 0 spiro atoms. The maximum absolute atomic E-state index is 10.1. The van der Waals surface area contributed by atoms with E-state index >= 15 is 0 Å². The molecule has 0 saturated carbocycles. The molecule has 0 radical (unpaired) electrons. The first kappa shape index (κ1) is 9.72. The molecule has 0 bridgehead atoms. The number of ether oxygens (including phenoxy) is 2. The van der Waals surface area contributed by atoms with Crippen molar-refractivity contribution in [3.05, 3.63) is 23.8 Å². The minimum absolute atomic E-state index is 0.564. The van der Waals surface area contributed by atoms with Crippen LogP contribution in [0.25, 0.3) is 0 Å². The van der Waals surface area contributed by atoms with Gasteiger partial charge in [0, 0.05) is 5.56 Å². The van der Waals surface area contributed by atoms with E-state index in [1.807, 2.05) is 15.7 Å². The van der Waals surface area contributed by atoms with Crippen LogP contribution in [0.5, 0.6) is 11.5 Å². The van der Waals surface area contributed by atoms with Gasteiger partial charge in [-0.15, -0.1) is 0 Å². The molecule has 1 heterocycles. The lowest BCUT2D eigenvalue weighted by Gasteiger charge is -2.17. The van der Waals surface area contributed by atoms with Crippen LogP contribution in [0.15, 0.2) is 18.2 Å². The molecule has 0 fully saturated rings. The third-order valence-electron chi connectivity index (χ3n) is 1.93. The second-order valence-electron chi connectivity index (χ2n) is 3.65. The van der Waals surface area contributed by atoms with Crippen molar-refractivity contribution in [1.29, 1.82) is 0 Å². The number of carbonyl (C=O) groups excluding carboxylic acids is 1. The Morgan fingerprint density at radius 2 is 2.00 bits per heavy atom. The number of carbonyl (C=O) groups is 1. The largest absolute Gasteiger partial charge is 0.467 e. The standard InChI is InChI=1S/C10H8B2O3/c11-10(12)14-8-4-3-7(2-1-5-13)6-9(8)15-10/h3-6H,11-12H2. The van der Waals surface area contributed by atoms with E-state index < -0.39 is 5.59 Å². The molecular formula is C10H8B2O3. The molecular weight excluding hydrogens is 190 g/mol. The second-order valence-corrected chi connectivity index (χ2v) is 3.65. The Balaban J connectivity index is 2.34. The lowest BCUT2D eigenvalue weighted by atomic mass is 9.76. The van der Waals surface area contributed by atoms with E-state index in [9.17, 15) is 4.79 Å². The van der Waals surface area contributed by atoms with Gasteiger partial charge in [-0.3, -0.25) is 4.79 Å². The highest BCUT2D eigenvalue weighted by molar-refractivity contribution is 6.38. The third kappa shape index (κ3) is 1.99. The van der Waals surface area contributed by atoms with Crippen LogP contribution in [-0.2, 0) is 4.79 Å². The first-order chi connectivity index (χ1) is 7.11.